The number of fused-ring (bicyclic) bond motifs is 2. The Labute approximate surface area is 209 Å². The highest BCUT2D eigenvalue weighted by atomic mass is 16.5. The lowest BCUT2D eigenvalue weighted by Crippen LogP contribution is -2.13. The first-order valence-corrected chi connectivity index (χ1v) is 12.4. The number of aryl methyl sites for hydroxylation is 2. The molecule has 2 aliphatic carbocycles. The first-order chi connectivity index (χ1) is 17.5. The molecule has 2 aromatic carbocycles. The number of hydrogen-bond donors (Lipinski definition) is 0. The molecule has 8 nitrogen and oxygen atoms in total. The molecule has 0 aliphatic heterocycles. The Balaban J connectivity index is 1.01. The maximum absolute atomic E-state index is 11.8. The molecular formula is C28H30O8. The maximum atomic E-state index is 11.8. The zero-order chi connectivity index (χ0) is 25.3. The summed E-state index contributed by atoms with van der Waals surface area (Å²) < 4.78 is 21.5. The zero-order valence-corrected chi connectivity index (χ0v) is 20.2. The van der Waals surface area contributed by atoms with Crippen LogP contribution >= 0.6 is 0 Å². The number of hydrogen-bond acceptors (Lipinski definition) is 8. The van der Waals surface area contributed by atoms with Crippen LogP contribution in [0.3, 0.4) is 0 Å². The number of rotatable bonds is 13. The van der Waals surface area contributed by atoms with Gasteiger partial charge in [-0.25, -0.2) is 0 Å². The van der Waals surface area contributed by atoms with Crippen molar-refractivity contribution in [2.45, 2.75) is 51.4 Å². The van der Waals surface area contributed by atoms with E-state index in [9.17, 15) is 19.2 Å². The fraction of sp³-hybridized carbons (Fsp3) is 0.429. The van der Waals surface area contributed by atoms with Crippen molar-refractivity contribution in [2.75, 3.05) is 26.4 Å². The molecule has 0 amide bonds. The summed E-state index contributed by atoms with van der Waals surface area (Å²) in [6.07, 6.45) is 3.57. The summed E-state index contributed by atoms with van der Waals surface area (Å²) in [5.74, 6) is 0.611. The summed E-state index contributed by atoms with van der Waals surface area (Å²) >= 11 is 0. The highest BCUT2D eigenvalue weighted by Gasteiger charge is 2.20. The molecule has 0 N–H and O–H groups in total. The molecule has 190 valence electrons. The van der Waals surface area contributed by atoms with Gasteiger partial charge in [0.05, 0.1) is 39.3 Å². The molecular weight excluding hydrogens is 464 g/mol. The Morgan fingerprint density at radius 2 is 1.06 bits per heavy atom. The topological polar surface area (TPSA) is 105 Å². The molecule has 0 unspecified atom stereocenters. The number of esters is 2. The fourth-order valence-corrected chi connectivity index (χ4v) is 4.23. The standard InChI is InChI=1S/C28H30O8/c29-25-9-5-19-3-7-21(17-23(19)25)33-13-1-15-35-27(31)11-12-28(32)36-16-2-14-34-22-8-4-20-6-10-26(30)24(20)18-22/h3-4,7-8,17-18H,1-2,5-6,9-16H2. The largest absolute Gasteiger partial charge is 0.493 e. The lowest BCUT2D eigenvalue weighted by atomic mass is 10.1. The van der Waals surface area contributed by atoms with Crippen molar-refractivity contribution in [1.29, 1.82) is 0 Å². The van der Waals surface area contributed by atoms with Gasteiger partial charge in [0.2, 0.25) is 0 Å². The number of ketones is 2. The molecule has 36 heavy (non-hydrogen) atoms. The number of benzene rings is 2. The molecule has 0 bridgehead atoms. The number of ether oxygens (including phenoxy) is 4. The van der Waals surface area contributed by atoms with Gasteiger partial charge in [-0.2, -0.15) is 0 Å². The van der Waals surface area contributed by atoms with E-state index in [1.54, 1.807) is 12.1 Å². The molecule has 0 atom stereocenters. The summed E-state index contributed by atoms with van der Waals surface area (Å²) in [6.45, 7) is 1.07. The summed E-state index contributed by atoms with van der Waals surface area (Å²) in [7, 11) is 0. The van der Waals surface area contributed by atoms with Crippen molar-refractivity contribution in [3.05, 3.63) is 58.7 Å². The van der Waals surface area contributed by atoms with E-state index >= 15 is 0 Å². The van der Waals surface area contributed by atoms with Crippen LogP contribution in [0, 0.1) is 0 Å². The Bertz CT molecular complexity index is 1050. The van der Waals surface area contributed by atoms with Crippen LogP contribution in [0.2, 0.25) is 0 Å². The number of carbonyl (C=O) groups is 4. The molecule has 8 heteroatoms. The van der Waals surface area contributed by atoms with Gasteiger partial charge >= 0.3 is 11.9 Å². The molecule has 0 spiro atoms. The van der Waals surface area contributed by atoms with Crippen LogP contribution in [0.15, 0.2) is 36.4 Å². The van der Waals surface area contributed by atoms with E-state index in [0.29, 0.717) is 50.4 Å². The Morgan fingerprint density at radius 3 is 1.50 bits per heavy atom. The average molecular weight is 495 g/mol. The van der Waals surface area contributed by atoms with E-state index in [0.717, 1.165) is 35.1 Å². The Hall–Kier alpha value is -3.68. The lowest BCUT2D eigenvalue weighted by Gasteiger charge is -2.09. The summed E-state index contributed by atoms with van der Waals surface area (Å²) in [5, 5.41) is 0. The molecule has 0 heterocycles. The normalized spacial score (nSPS) is 13.8. The van der Waals surface area contributed by atoms with Crippen molar-refractivity contribution in [3.63, 3.8) is 0 Å². The van der Waals surface area contributed by atoms with Gasteiger partial charge in [-0.05, 0) is 48.2 Å². The van der Waals surface area contributed by atoms with Gasteiger partial charge in [-0.15, -0.1) is 0 Å². The summed E-state index contributed by atoms with van der Waals surface area (Å²) in [5.41, 5.74) is 3.58. The number of Topliss-reactive ketones (excluding diaryl/α,β-unsaturated/α-hetero) is 2. The minimum atomic E-state index is -0.468. The molecule has 0 saturated heterocycles. The fourth-order valence-electron chi connectivity index (χ4n) is 4.23. The Morgan fingerprint density at radius 1 is 0.611 bits per heavy atom. The van der Waals surface area contributed by atoms with Gasteiger partial charge in [-0.3, -0.25) is 19.2 Å². The van der Waals surface area contributed by atoms with Crippen molar-refractivity contribution < 1.29 is 38.1 Å². The first kappa shape index (κ1) is 25.4. The van der Waals surface area contributed by atoms with E-state index in [1.165, 1.54) is 0 Å². The predicted octanol–water partition coefficient (Wildman–Crippen LogP) is 4.05. The molecule has 0 radical (unpaired) electrons. The zero-order valence-electron chi connectivity index (χ0n) is 20.2. The van der Waals surface area contributed by atoms with Gasteiger partial charge in [0.1, 0.15) is 11.5 Å². The van der Waals surface area contributed by atoms with Gasteiger partial charge < -0.3 is 18.9 Å². The molecule has 0 fully saturated rings. The van der Waals surface area contributed by atoms with Crippen LogP contribution in [-0.4, -0.2) is 49.9 Å². The monoisotopic (exact) mass is 494 g/mol. The highest BCUT2D eigenvalue weighted by molar-refractivity contribution is 6.01. The molecule has 2 aromatic rings. The second-order valence-corrected chi connectivity index (χ2v) is 8.83. The van der Waals surface area contributed by atoms with Gasteiger partial charge in [0.25, 0.3) is 0 Å². The van der Waals surface area contributed by atoms with Crippen molar-refractivity contribution in [1.82, 2.24) is 0 Å². The van der Waals surface area contributed by atoms with Crippen LogP contribution in [0.1, 0.15) is 70.4 Å². The van der Waals surface area contributed by atoms with Gasteiger partial charge in [-0.1, -0.05) is 12.1 Å². The van der Waals surface area contributed by atoms with E-state index in [-0.39, 0.29) is 37.6 Å². The smallest absolute Gasteiger partial charge is 0.306 e. The maximum Gasteiger partial charge on any atom is 0.306 e. The van der Waals surface area contributed by atoms with E-state index in [2.05, 4.69) is 0 Å². The van der Waals surface area contributed by atoms with Gasteiger partial charge in [0.15, 0.2) is 11.6 Å². The van der Waals surface area contributed by atoms with Crippen LogP contribution in [0.4, 0.5) is 0 Å². The molecule has 4 rings (SSSR count). The second kappa shape index (κ2) is 12.3. The minimum absolute atomic E-state index is 0.0493. The van der Waals surface area contributed by atoms with Gasteiger partial charge in [0, 0.05) is 36.8 Å². The van der Waals surface area contributed by atoms with Crippen LogP contribution in [-0.2, 0) is 31.9 Å². The third-order valence-electron chi connectivity index (χ3n) is 6.18. The predicted molar refractivity (Wildman–Crippen MR) is 130 cm³/mol. The van der Waals surface area contributed by atoms with Crippen molar-refractivity contribution in [2.24, 2.45) is 0 Å². The molecule has 2 aliphatic rings. The number of carbonyl (C=O) groups excluding carboxylic acids is 4. The first-order valence-electron chi connectivity index (χ1n) is 12.4. The van der Waals surface area contributed by atoms with E-state index in [4.69, 9.17) is 18.9 Å². The van der Waals surface area contributed by atoms with Crippen LogP contribution < -0.4 is 9.47 Å². The third kappa shape index (κ3) is 6.93. The van der Waals surface area contributed by atoms with E-state index < -0.39 is 11.9 Å². The van der Waals surface area contributed by atoms with Crippen LogP contribution in [0.5, 0.6) is 11.5 Å². The second-order valence-electron chi connectivity index (χ2n) is 8.83. The minimum Gasteiger partial charge on any atom is -0.493 e. The SMILES string of the molecule is O=C(CCC(=O)OCCCOc1ccc2c(c1)C(=O)CC2)OCCCOc1ccc2c(c1)C(=O)CC2. The Kier molecular flexibility index (Phi) is 8.71. The van der Waals surface area contributed by atoms with Crippen molar-refractivity contribution >= 4 is 23.5 Å². The summed E-state index contributed by atoms with van der Waals surface area (Å²) in [4.78, 5) is 47.3. The highest BCUT2D eigenvalue weighted by Crippen LogP contribution is 2.27. The lowest BCUT2D eigenvalue weighted by molar-refractivity contribution is -0.150. The quantitative estimate of drug-likeness (QED) is 0.303. The average Bonchev–Trinajstić information content (AvgIpc) is 3.44. The third-order valence-corrected chi connectivity index (χ3v) is 6.18. The molecule has 0 aromatic heterocycles. The summed E-state index contributed by atoms with van der Waals surface area (Å²) in [6, 6.07) is 11.1. The van der Waals surface area contributed by atoms with E-state index in [1.807, 2.05) is 24.3 Å². The van der Waals surface area contributed by atoms with Crippen LogP contribution in [0.25, 0.3) is 0 Å². The van der Waals surface area contributed by atoms with Crippen molar-refractivity contribution in [3.8, 4) is 11.5 Å². The molecule has 0 saturated carbocycles.